The van der Waals surface area contributed by atoms with Crippen molar-refractivity contribution >= 4 is 5.69 Å². The van der Waals surface area contributed by atoms with E-state index in [0.717, 1.165) is 12.1 Å². The lowest BCUT2D eigenvalue weighted by Gasteiger charge is -2.13. The van der Waals surface area contributed by atoms with Gasteiger partial charge >= 0.3 is 5.69 Å². The molecule has 2 aromatic rings. The molecule has 0 aliphatic rings. The van der Waals surface area contributed by atoms with E-state index < -0.39 is 23.2 Å². The topological polar surface area (TPSA) is 81.3 Å². The number of hydrogen-bond donors (Lipinski definition) is 1. The van der Waals surface area contributed by atoms with Crippen LogP contribution in [-0.2, 0) is 0 Å². The Morgan fingerprint density at radius 1 is 1.52 bits per heavy atom. The predicted octanol–water partition coefficient (Wildman–Crippen LogP) is 1.32. The molecule has 1 aromatic heterocycles. The van der Waals surface area contributed by atoms with Crippen LogP contribution in [0, 0.1) is 31.7 Å². The first-order valence-corrected chi connectivity index (χ1v) is 6.41. The fourth-order valence-electron chi connectivity index (χ4n) is 1.75. The molecule has 2 rings (SSSR count). The van der Waals surface area contributed by atoms with Gasteiger partial charge in [0.25, 0.3) is 5.56 Å². The maximum absolute atomic E-state index is 14.2. The highest BCUT2D eigenvalue weighted by molar-refractivity contribution is 5.62. The lowest BCUT2D eigenvalue weighted by Crippen LogP contribution is -2.33. The second kappa shape index (κ2) is 6.16. The summed E-state index contributed by atoms with van der Waals surface area (Å²) in [6.45, 7) is 10.0. The number of rotatable bonds is 3. The number of aromatic nitrogens is 3. The van der Waals surface area contributed by atoms with Crippen molar-refractivity contribution in [3.05, 3.63) is 55.9 Å². The smallest absolute Gasteiger partial charge is 0.349 e. The van der Waals surface area contributed by atoms with E-state index in [1.165, 1.54) is 6.92 Å². The first-order valence-electron chi connectivity index (χ1n) is 6.41. The van der Waals surface area contributed by atoms with Gasteiger partial charge in [-0.3, -0.25) is 9.78 Å². The molecular weight excluding hydrogens is 303 g/mol. The van der Waals surface area contributed by atoms with Gasteiger partial charge in [-0.05, 0) is 26.0 Å². The Morgan fingerprint density at radius 3 is 2.83 bits per heavy atom. The standard InChI is InChI=1S/C15H11FN4O3/c1-5-8(2)23-13-7-12(10(16)6-11(13)17-4)20-15(22)18-14(21)9(3)19-20/h1,6-8H,2-3H3,(H,18,21,22). The highest BCUT2D eigenvalue weighted by Crippen LogP contribution is 2.32. The number of hydrogen-bond acceptors (Lipinski definition) is 4. The number of nitrogens with zero attached hydrogens (tertiary/aromatic N) is 3. The van der Waals surface area contributed by atoms with E-state index in [1.807, 2.05) is 4.98 Å². The highest BCUT2D eigenvalue weighted by Gasteiger charge is 2.16. The molecular formula is C15H11FN4O3. The quantitative estimate of drug-likeness (QED) is 0.684. The monoisotopic (exact) mass is 314 g/mol. The lowest BCUT2D eigenvalue weighted by molar-refractivity contribution is 0.280. The predicted molar refractivity (Wildman–Crippen MR) is 80.3 cm³/mol. The molecule has 1 aromatic carbocycles. The largest absolute Gasteiger partial charge is 0.489 e. The maximum Gasteiger partial charge on any atom is 0.349 e. The molecule has 1 unspecified atom stereocenters. The van der Waals surface area contributed by atoms with Gasteiger partial charge < -0.3 is 4.74 Å². The number of halogens is 1. The number of benzene rings is 1. The molecule has 0 fully saturated rings. The van der Waals surface area contributed by atoms with Gasteiger partial charge in [0.05, 0.1) is 6.57 Å². The second-order valence-electron chi connectivity index (χ2n) is 4.57. The molecule has 116 valence electrons. The van der Waals surface area contributed by atoms with Gasteiger partial charge in [0, 0.05) is 0 Å². The van der Waals surface area contributed by atoms with Crippen LogP contribution < -0.4 is 16.0 Å². The highest BCUT2D eigenvalue weighted by atomic mass is 19.1. The van der Waals surface area contributed by atoms with E-state index in [9.17, 15) is 14.0 Å². The summed E-state index contributed by atoms with van der Waals surface area (Å²) in [6, 6.07) is 2.05. The van der Waals surface area contributed by atoms with Crippen molar-refractivity contribution in [2.45, 2.75) is 20.0 Å². The molecule has 1 atom stereocenters. The van der Waals surface area contributed by atoms with E-state index in [4.69, 9.17) is 17.7 Å². The van der Waals surface area contributed by atoms with Crippen molar-refractivity contribution in [2.75, 3.05) is 0 Å². The summed E-state index contributed by atoms with van der Waals surface area (Å²) < 4.78 is 20.3. The Morgan fingerprint density at radius 2 is 2.22 bits per heavy atom. The fourth-order valence-corrected chi connectivity index (χ4v) is 1.75. The molecule has 0 amide bonds. The van der Waals surface area contributed by atoms with Crippen molar-refractivity contribution in [1.82, 2.24) is 14.8 Å². The summed E-state index contributed by atoms with van der Waals surface area (Å²) in [5, 5.41) is 3.75. The van der Waals surface area contributed by atoms with Crippen molar-refractivity contribution in [3.8, 4) is 23.8 Å². The molecule has 0 radical (unpaired) electrons. The van der Waals surface area contributed by atoms with Crippen LogP contribution in [0.5, 0.6) is 5.75 Å². The van der Waals surface area contributed by atoms with Crippen LogP contribution in [0.2, 0.25) is 0 Å². The molecule has 0 saturated heterocycles. The second-order valence-corrected chi connectivity index (χ2v) is 4.57. The van der Waals surface area contributed by atoms with Crippen molar-refractivity contribution in [2.24, 2.45) is 0 Å². The fraction of sp³-hybridized carbons (Fsp3) is 0.200. The van der Waals surface area contributed by atoms with E-state index in [0.29, 0.717) is 4.68 Å². The zero-order valence-electron chi connectivity index (χ0n) is 12.3. The first kappa shape index (κ1) is 16.0. The third-order valence-electron chi connectivity index (χ3n) is 2.91. The molecule has 1 N–H and O–H groups in total. The number of aryl methyl sites for hydroxylation is 1. The van der Waals surface area contributed by atoms with Gasteiger partial charge in [-0.2, -0.15) is 9.78 Å². The molecule has 0 saturated carbocycles. The Kier molecular flexibility index (Phi) is 4.28. The van der Waals surface area contributed by atoms with Crippen LogP contribution in [0.3, 0.4) is 0 Å². The molecule has 0 spiro atoms. The minimum Gasteiger partial charge on any atom is -0.489 e. The van der Waals surface area contributed by atoms with Gasteiger partial charge in [-0.1, -0.05) is 5.92 Å². The molecule has 23 heavy (non-hydrogen) atoms. The Bertz CT molecular complexity index is 963. The summed E-state index contributed by atoms with van der Waals surface area (Å²) >= 11 is 0. The molecule has 7 nitrogen and oxygen atoms in total. The first-order chi connectivity index (χ1) is 10.9. The lowest BCUT2D eigenvalue weighted by atomic mass is 10.2. The van der Waals surface area contributed by atoms with E-state index in [2.05, 4.69) is 15.9 Å². The molecule has 0 aliphatic carbocycles. The Labute approximate surface area is 130 Å². The van der Waals surface area contributed by atoms with Crippen LogP contribution in [0.25, 0.3) is 10.5 Å². The minimum atomic E-state index is -0.911. The Balaban J connectivity index is 2.70. The average molecular weight is 314 g/mol. The van der Waals surface area contributed by atoms with Crippen LogP contribution >= 0.6 is 0 Å². The summed E-state index contributed by atoms with van der Waals surface area (Å²) in [7, 11) is 0. The summed E-state index contributed by atoms with van der Waals surface area (Å²) in [4.78, 5) is 28.4. The molecule has 0 bridgehead atoms. The Hall–Kier alpha value is -3.39. The third-order valence-corrected chi connectivity index (χ3v) is 2.91. The average Bonchev–Trinajstić information content (AvgIpc) is 2.52. The van der Waals surface area contributed by atoms with Crippen molar-refractivity contribution < 1.29 is 9.13 Å². The van der Waals surface area contributed by atoms with Gasteiger partial charge in [-0.15, -0.1) is 6.42 Å². The van der Waals surface area contributed by atoms with Gasteiger partial charge in [-0.25, -0.2) is 14.0 Å². The van der Waals surface area contributed by atoms with Crippen LogP contribution in [0.4, 0.5) is 10.1 Å². The summed E-state index contributed by atoms with van der Waals surface area (Å²) in [6.07, 6.45) is 4.56. The number of terminal acetylenes is 1. The number of aromatic amines is 1. The van der Waals surface area contributed by atoms with Crippen LogP contribution in [0.15, 0.2) is 21.7 Å². The number of H-pyrrole nitrogens is 1. The normalized spacial score (nSPS) is 11.3. The van der Waals surface area contributed by atoms with Crippen molar-refractivity contribution in [1.29, 1.82) is 0 Å². The zero-order valence-corrected chi connectivity index (χ0v) is 12.3. The molecule has 0 aliphatic heterocycles. The summed E-state index contributed by atoms with van der Waals surface area (Å²) in [5.74, 6) is 1.47. The maximum atomic E-state index is 14.2. The molecule has 1 heterocycles. The van der Waals surface area contributed by atoms with E-state index in [-0.39, 0.29) is 22.8 Å². The van der Waals surface area contributed by atoms with Gasteiger partial charge in [0.15, 0.2) is 6.10 Å². The third kappa shape index (κ3) is 3.11. The SMILES string of the molecule is [C-]#[N+]c1cc(F)c(-n2nc(C)c(=O)[nH]c2=O)cc1OC(C)C#C. The molecule has 8 heteroatoms. The zero-order chi connectivity index (χ0) is 17.1. The van der Waals surface area contributed by atoms with Gasteiger partial charge in [0.2, 0.25) is 5.69 Å². The number of nitrogens with one attached hydrogen (secondary N) is 1. The minimum absolute atomic E-state index is 0.0133. The van der Waals surface area contributed by atoms with E-state index in [1.54, 1.807) is 6.92 Å². The van der Waals surface area contributed by atoms with E-state index >= 15 is 0 Å². The van der Waals surface area contributed by atoms with Crippen LogP contribution in [-0.4, -0.2) is 20.9 Å². The summed E-state index contributed by atoms with van der Waals surface area (Å²) in [5.41, 5.74) is -1.95. The van der Waals surface area contributed by atoms with Gasteiger partial charge in [0.1, 0.15) is 22.9 Å². The van der Waals surface area contributed by atoms with Crippen LogP contribution in [0.1, 0.15) is 12.6 Å². The number of ether oxygens (including phenoxy) is 1. The van der Waals surface area contributed by atoms with Crippen molar-refractivity contribution in [3.63, 3.8) is 0 Å².